The molecule has 0 heterocycles. The highest BCUT2D eigenvalue weighted by Crippen LogP contribution is 1.65. The van der Waals surface area contributed by atoms with Crippen LogP contribution < -0.4 is 0 Å². The van der Waals surface area contributed by atoms with Crippen molar-refractivity contribution in [3.05, 3.63) is 0 Å². The fourth-order valence-electron chi connectivity index (χ4n) is 0. The number of hydrogen-bond acceptors (Lipinski definition) is 1. The van der Waals surface area contributed by atoms with Gasteiger partial charge in [0.2, 0.25) is 0 Å². The van der Waals surface area contributed by atoms with E-state index in [9.17, 15) is 3.89 Å². The molecule has 1 unspecified atom stereocenters. The van der Waals surface area contributed by atoms with Gasteiger partial charge in [0.05, 0.1) is 9.84 Å². The summed E-state index contributed by atoms with van der Waals surface area (Å²) in [7, 11) is -1.28. The van der Waals surface area contributed by atoms with Crippen molar-refractivity contribution in [1.29, 1.82) is 0 Å². The van der Waals surface area contributed by atoms with Gasteiger partial charge in [-0.3, -0.25) is 0 Å². The Bertz CT molecular complexity index is 29.0. The third-order valence-corrected chi connectivity index (χ3v) is 0. The van der Waals surface area contributed by atoms with E-state index in [1.165, 1.54) is 6.26 Å². The van der Waals surface area contributed by atoms with E-state index in [1.54, 1.807) is 0 Å². The van der Waals surface area contributed by atoms with Gasteiger partial charge in [-0.25, -0.2) is 0 Å². The fourth-order valence-corrected chi connectivity index (χ4v) is 0. The van der Waals surface area contributed by atoms with Gasteiger partial charge in [-0.15, -0.1) is 0 Å². The van der Waals surface area contributed by atoms with Gasteiger partial charge >= 0.3 is 0 Å². The molecular formula is CH3FS2. The molecule has 0 nitrogen and oxygen atoms in total. The van der Waals surface area contributed by atoms with E-state index in [-0.39, 0.29) is 0 Å². The maximum absolute atomic E-state index is 10.8. The van der Waals surface area contributed by atoms with E-state index in [2.05, 4.69) is 11.2 Å². The van der Waals surface area contributed by atoms with Gasteiger partial charge in [0.15, 0.2) is 0 Å². The summed E-state index contributed by atoms with van der Waals surface area (Å²) in [5, 5.41) is 0. The maximum atomic E-state index is 10.8. The lowest BCUT2D eigenvalue weighted by Gasteiger charge is -1.59. The Morgan fingerprint density at radius 1 is 2.00 bits per heavy atom. The van der Waals surface area contributed by atoms with E-state index in [0.29, 0.717) is 0 Å². The van der Waals surface area contributed by atoms with Crippen LogP contribution in [-0.2, 0) is 21.0 Å². The van der Waals surface area contributed by atoms with E-state index in [1.807, 2.05) is 0 Å². The monoisotopic (exact) mass is 98.0 g/mol. The topological polar surface area (TPSA) is 0 Å². The molecule has 0 amide bonds. The second kappa shape index (κ2) is 1.79. The Morgan fingerprint density at radius 2 is 2.00 bits per heavy atom. The van der Waals surface area contributed by atoms with Crippen molar-refractivity contribution in [2.24, 2.45) is 0 Å². The Labute approximate surface area is 31.9 Å². The molecule has 0 aromatic rings. The SMILES string of the molecule is CS(F)=S. The fraction of sp³-hybridized carbons (Fsp3) is 1.00. The van der Waals surface area contributed by atoms with Crippen molar-refractivity contribution in [3.63, 3.8) is 0 Å². The second-order valence-electron chi connectivity index (χ2n) is 0.384. The van der Waals surface area contributed by atoms with Gasteiger partial charge in [0, 0.05) is 6.26 Å². The van der Waals surface area contributed by atoms with Gasteiger partial charge < -0.3 is 0 Å². The normalized spacial score (nSPS) is 15.5. The molecule has 0 spiro atoms. The van der Waals surface area contributed by atoms with Gasteiger partial charge in [0.25, 0.3) is 0 Å². The lowest BCUT2D eigenvalue weighted by atomic mass is 12.0. The molecule has 0 rings (SSSR count). The van der Waals surface area contributed by atoms with E-state index < -0.39 is 9.84 Å². The molecule has 4 heavy (non-hydrogen) atoms. The van der Waals surface area contributed by atoms with Crippen LogP contribution in [0.1, 0.15) is 0 Å². The van der Waals surface area contributed by atoms with Crippen LogP contribution in [0.3, 0.4) is 0 Å². The van der Waals surface area contributed by atoms with Crippen molar-refractivity contribution in [2.75, 3.05) is 6.26 Å². The molecule has 26 valence electrons. The largest absolute Gasteiger partial charge is 0.163 e. The first-order valence-electron chi connectivity index (χ1n) is 0.729. The number of rotatable bonds is 0. The third-order valence-electron chi connectivity index (χ3n) is 0. The molecular weight excluding hydrogens is 95.1 g/mol. The molecule has 0 aromatic heterocycles. The third kappa shape index (κ3) is 22.5. The molecule has 0 aliphatic carbocycles. The van der Waals surface area contributed by atoms with Crippen LogP contribution in [0, 0.1) is 0 Å². The highest BCUT2D eigenvalue weighted by atomic mass is 32.8. The molecule has 0 aromatic carbocycles. The first kappa shape index (κ1) is 4.50. The summed E-state index contributed by atoms with van der Waals surface area (Å²) in [5.74, 6) is 0. The Kier molecular flexibility index (Phi) is 2.01. The zero-order valence-corrected chi connectivity index (χ0v) is 3.83. The van der Waals surface area contributed by atoms with Crippen LogP contribution in [0.2, 0.25) is 0 Å². The van der Waals surface area contributed by atoms with Gasteiger partial charge in [-0.05, 0) is 11.2 Å². The van der Waals surface area contributed by atoms with Crippen molar-refractivity contribution < 1.29 is 3.89 Å². The summed E-state index contributed by atoms with van der Waals surface area (Å²) < 4.78 is 10.8. The average Bonchev–Trinajstić information content (AvgIpc) is 0.811. The average molecular weight is 98.2 g/mol. The predicted octanol–water partition coefficient (Wildman–Crippen LogP) is 0.581. The summed E-state index contributed by atoms with van der Waals surface area (Å²) in [5.41, 5.74) is 0. The minimum absolute atomic E-state index is 1.28. The highest BCUT2D eigenvalue weighted by Gasteiger charge is 1.58. The van der Waals surface area contributed by atoms with Crippen molar-refractivity contribution in [1.82, 2.24) is 0 Å². The molecule has 0 fully saturated rings. The van der Waals surface area contributed by atoms with Crippen molar-refractivity contribution >= 4 is 21.0 Å². The van der Waals surface area contributed by atoms with Crippen LogP contribution in [0.15, 0.2) is 0 Å². The Morgan fingerprint density at radius 3 is 2.00 bits per heavy atom. The summed E-state index contributed by atoms with van der Waals surface area (Å²) in [6.45, 7) is 0. The van der Waals surface area contributed by atoms with Crippen LogP contribution in [0.4, 0.5) is 3.89 Å². The summed E-state index contributed by atoms with van der Waals surface area (Å²) in [6.07, 6.45) is 1.34. The molecule has 0 aliphatic heterocycles. The molecule has 0 saturated heterocycles. The first-order chi connectivity index (χ1) is 1.73. The molecule has 0 radical (unpaired) electrons. The van der Waals surface area contributed by atoms with Crippen LogP contribution >= 0.6 is 0 Å². The summed E-state index contributed by atoms with van der Waals surface area (Å²) >= 11 is 3.98. The molecule has 0 N–H and O–H groups in total. The zero-order valence-electron chi connectivity index (χ0n) is 2.19. The number of halogens is 1. The quantitative estimate of drug-likeness (QED) is 0.399. The van der Waals surface area contributed by atoms with Gasteiger partial charge in [0.1, 0.15) is 0 Å². The lowest BCUT2D eigenvalue weighted by molar-refractivity contribution is 0.936. The Hall–Kier alpha value is 0.500. The maximum Gasteiger partial charge on any atom is 0.0520 e. The number of hydrogen-bond donors (Lipinski definition) is 0. The lowest BCUT2D eigenvalue weighted by Crippen LogP contribution is -1.56. The van der Waals surface area contributed by atoms with E-state index in [0.717, 1.165) is 0 Å². The van der Waals surface area contributed by atoms with E-state index in [4.69, 9.17) is 0 Å². The summed E-state index contributed by atoms with van der Waals surface area (Å²) in [6, 6.07) is 0. The van der Waals surface area contributed by atoms with Crippen LogP contribution in [0.5, 0.6) is 0 Å². The summed E-state index contributed by atoms with van der Waals surface area (Å²) in [4.78, 5) is 0. The van der Waals surface area contributed by atoms with Gasteiger partial charge in [-0.1, -0.05) is 0 Å². The van der Waals surface area contributed by atoms with Crippen LogP contribution in [0.25, 0.3) is 0 Å². The minimum atomic E-state index is -1.28. The van der Waals surface area contributed by atoms with Crippen molar-refractivity contribution in [3.8, 4) is 0 Å². The first-order valence-corrected chi connectivity index (χ1v) is 3.19. The smallest absolute Gasteiger partial charge is 0.0520 e. The zero-order chi connectivity index (χ0) is 3.58. The Balaban J connectivity index is 2.80. The van der Waals surface area contributed by atoms with Gasteiger partial charge in [-0.2, -0.15) is 3.89 Å². The molecule has 0 bridgehead atoms. The molecule has 3 heteroatoms. The minimum Gasteiger partial charge on any atom is -0.163 e. The molecule has 0 saturated carbocycles. The van der Waals surface area contributed by atoms with Crippen LogP contribution in [-0.4, -0.2) is 6.26 Å². The standard InChI is InChI=1S/CH3FS2/c1-4(2)3/h1H3. The molecule has 1 atom stereocenters. The molecule has 0 aliphatic rings. The highest BCUT2D eigenvalue weighted by molar-refractivity contribution is 8.25. The van der Waals surface area contributed by atoms with Crippen molar-refractivity contribution in [2.45, 2.75) is 0 Å². The second-order valence-corrected chi connectivity index (χ2v) is 2.53. The van der Waals surface area contributed by atoms with E-state index >= 15 is 0 Å². The predicted molar refractivity (Wildman–Crippen MR) is 21.8 cm³/mol.